The fourth-order valence-electron chi connectivity index (χ4n) is 0.595. The Morgan fingerprint density at radius 3 is 2.33 bits per heavy atom. The van der Waals surface area contributed by atoms with Crippen LogP contribution in [0.3, 0.4) is 0 Å². The first-order valence-corrected chi connectivity index (χ1v) is 3.94. The molecule has 0 atom stereocenters. The Labute approximate surface area is 88.8 Å². The summed E-state index contributed by atoms with van der Waals surface area (Å²) in [6.07, 6.45) is 0. The molecule has 0 amide bonds. The van der Waals surface area contributed by atoms with Gasteiger partial charge in [0, 0.05) is 26.0 Å². The standard InChI is InChI=1S/C6H11N3S.2ClH/c1-9(2)6-8-5(3-7)4-10-6;;/h4H,3,7H2,1-2H3;2*1H. The lowest BCUT2D eigenvalue weighted by atomic mass is 10.5. The number of halogens is 2. The van der Waals surface area contributed by atoms with Crippen LogP contribution in [0.25, 0.3) is 0 Å². The number of aromatic nitrogens is 1. The van der Waals surface area contributed by atoms with Gasteiger partial charge in [0.15, 0.2) is 5.13 Å². The molecule has 0 aliphatic carbocycles. The Balaban J connectivity index is 0. The normalized spacial score (nSPS) is 8.25. The van der Waals surface area contributed by atoms with Gasteiger partial charge in [-0.3, -0.25) is 0 Å². The van der Waals surface area contributed by atoms with Gasteiger partial charge in [0.1, 0.15) is 0 Å². The Hall–Kier alpha value is -0.0300. The highest BCUT2D eigenvalue weighted by Crippen LogP contribution is 2.16. The molecule has 1 heterocycles. The molecule has 0 aromatic carbocycles. The lowest BCUT2D eigenvalue weighted by Gasteiger charge is -2.04. The van der Waals surface area contributed by atoms with E-state index in [9.17, 15) is 0 Å². The van der Waals surface area contributed by atoms with Gasteiger partial charge in [-0.2, -0.15) is 0 Å². The van der Waals surface area contributed by atoms with E-state index >= 15 is 0 Å². The van der Waals surface area contributed by atoms with Crippen LogP contribution in [0.1, 0.15) is 5.69 Å². The molecule has 6 heteroatoms. The summed E-state index contributed by atoms with van der Waals surface area (Å²) in [6, 6.07) is 0. The average molecular weight is 230 g/mol. The van der Waals surface area contributed by atoms with E-state index in [0.29, 0.717) is 6.54 Å². The minimum absolute atomic E-state index is 0. The molecular formula is C6H13Cl2N3S. The molecule has 0 saturated heterocycles. The van der Waals surface area contributed by atoms with E-state index in [4.69, 9.17) is 5.73 Å². The van der Waals surface area contributed by atoms with Crippen molar-refractivity contribution in [3.8, 4) is 0 Å². The monoisotopic (exact) mass is 229 g/mol. The van der Waals surface area contributed by atoms with Crippen LogP contribution >= 0.6 is 36.2 Å². The molecule has 72 valence electrons. The topological polar surface area (TPSA) is 42.2 Å². The highest BCUT2D eigenvalue weighted by molar-refractivity contribution is 7.13. The first-order valence-electron chi connectivity index (χ1n) is 3.06. The second-order valence-corrected chi connectivity index (χ2v) is 3.06. The van der Waals surface area contributed by atoms with E-state index in [2.05, 4.69) is 4.98 Å². The average Bonchev–Trinajstić information content (AvgIpc) is 2.34. The molecule has 0 fully saturated rings. The maximum absolute atomic E-state index is 5.39. The quantitative estimate of drug-likeness (QED) is 0.837. The molecule has 3 nitrogen and oxygen atoms in total. The van der Waals surface area contributed by atoms with Crippen molar-refractivity contribution in [3.05, 3.63) is 11.1 Å². The van der Waals surface area contributed by atoms with Crippen LogP contribution < -0.4 is 10.6 Å². The van der Waals surface area contributed by atoms with Gasteiger partial charge >= 0.3 is 0 Å². The number of nitrogens with zero attached hydrogens (tertiary/aromatic N) is 2. The molecule has 0 aliphatic heterocycles. The molecule has 0 unspecified atom stereocenters. The summed E-state index contributed by atoms with van der Waals surface area (Å²) in [7, 11) is 3.94. The maximum atomic E-state index is 5.39. The van der Waals surface area contributed by atoms with Crippen molar-refractivity contribution in [2.75, 3.05) is 19.0 Å². The van der Waals surface area contributed by atoms with E-state index < -0.39 is 0 Å². The predicted octanol–water partition coefficient (Wildman–Crippen LogP) is 1.51. The SMILES string of the molecule is CN(C)c1nc(CN)cs1.Cl.Cl. The van der Waals surface area contributed by atoms with Crippen LogP contribution in [0.2, 0.25) is 0 Å². The van der Waals surface area contributed by atoms with Crippen molar-refractivity contribution < 1.29 is 0 Å². The molecule has 0 bridgehead atoms. The second-order valence-electron chi connectivity index (χ2n) is 2.22. The van der Waals surface area contributed by atoms with Gasteiger partial charge in [-0.25, -0.2) is 4.98 Å². The minimum atomic E-state index is 0. The molecule has 12 heavy (non-hydrogen) atoms. The fourth-order valence-corrected chi connectivity index (χ4v) is 1.37. The van der Waals surface area contributed by atoms with Crippen LogP contribution in [0.15, 0.2) is 5.38 Å². The molecule has 0 aliphatic rings. The van der Waals surface area contributed by atoms with Crippen molar-refractivity contribution in [2.24, 2.45) is 5.73 Å². The number of nitrogens with two attached hydrogens (primary N) is 1. The van der Waals surface area contributed by atoms with Crippen molar-refractivity contribution in [1.82, 2.24) is 4.98 Å². The molecule has 1 aromatic heterocycles. The van der Waals surface area contributed by atoms with Crippen molar-refractivity contribution in [3.63, 3.8) is 0 Å². The molecular weight excluding hydrogens is 217 g/mol. The van der Waals surface area contributed by atoms with Gasteiger partial charge in [0.05, 0.1) is 5.69 Å². The van der Waals surface area contributed by atoms with Crippen LogP contribution in [-0.4, -0.2) is 19.1 Å². The highest BCUT2D eigenvalue weighted by atomic mass is 35.5. The lowest BCUT2D eigenvalue weighted by molar-refractivity contribution is 0.991. The lowest BCUT2D eigenvalue weighted by Crippen LogP contribution is -2.08. The Kier molecular flexibility index (Phi) is 7.83. The second kappa shape index (κ2) is 6.48. The zero-order valence-electron chi connectivity index (χ0n) is 6.98. The van der Waals surface area contributed by atoms with Crippen LogP contribution in [0, 0.1) is 0 Å². The van der Waals surface area contributed by atoms with Gasteiger partial charge in [0.25, 0.3) is 0 Å². The maximum Gasteiger partial charge on any atom is 0.185 e. The fraction of sp³-hybridized carbons (Fsp3) is 0.500. The summed E-state index contributed by atoms with van der Waals surface area (Å²) in [4.78, 5) is 6.22. The van der Waals surface area contributed by atoms with Crippen molar-refractivity contribution >= 4 is 41.3 Å². The predicted molar refractivity (Wildman–Crippen MR) is 58.8 cm³/mol. The van der Waals surface area contributed by atoms with E-state index in [1.807, 2.05) is 24.4 Å². The summed E-state index contributed by atoms with van der Waals surface area (Å²) in [5.74, 6) is 0. The summed E-state index contributed by atoms with van der Waals surface area (Å²) in [5, 5.41) is 3.00. The zero-order chi connectivity index (χ0) is 7.56. The van der Waals surface area contributed by atoms with Crippen LogP contribution in [0.5, 0.6) is 0 Å². The minimum Gasteiger partial charge on any atom is -0.354 e. The summed E-state index contributed by atoms with van der Waals surface area (Å²) < 4.78 is 0. The molecule has 0 spiro atoms. The van der Waals surface area contributed by atoms with Gasteiger partial charge in [-0.15, -0.1) is 36.2 Å². The first kappa shape index (κ1) is 14.5. The molecule has 0 radical (unpaired) electrons. The van der Waals surface area contributed by atoms with Crippen molar-refractivity contribution in [1.29, 1.82) is 0 Å². The summed E-state index contributed by atoms with van der Waals surface area (Å²) in [6.45, 7) is 0.532. The van der Waals surface area contributed by atoms with E-state index in [1.165, 1.54) is 0 Å². The third kappa shape index (κ3) is 3.58. The number of anilines is 1. The molecule has 0 saturated carbocycles. The summed E-state index contributed by atoms with van der Waals surface area (Å²) >= 11 is 1.62. The highest BCUT2D eigenvalue weighted by Gasteiger charge is 2.00. The molecule has 1 rings (SSSR count). The summed E-state index contributed by atoms with van der Waals surface area (Å²) in [5.41, 5.74) is 6.36. The molecule has 2 N–H and O–H groups in total. The smallest absolute Gasteiger partial charge is 0.185 e. The van der Waals surface area contributed by atoms with Gasteiger partial charge in [-0.1, -0.05) is 0 Å². The van der Waals surface area contributed by atoms with Crippen molar-refractivity contribution in [2.45, 2.75) is 6.54 Å². The Morgan fingerprint density at radius 2 is 2.08 bits per heavy atom. The Morgan fingerprint density at radius 1 is 1.50 bits per heavy atom. The van der Waals surface area contributed by atoms with E-state index in [1.54, 1.807) is 11.3 Å². The number of thiazole rings is 1. The third-order valence-corrected chi connectivity index (χ3v) is 2.19. The van der Waals surface area contributed by atoms with Gasteiger partial charge in [-0.05, 0) is 0 Å². The largest absolute Gasteiger partial charge is 0.354 e. The van der Waals surface area contributed by atoms with Gasteiger partial charge < -0.3 is 10.6 Å². The van der Waals surface area contributed by atoms with Crippen LogP contribution in [0.4, 0.5) is 5.13 Å². The Bertz CT molecular complexity index is 214. The molecule has 1 aromatic rings. The van der Waals surface area contributed by atoms with E-state index in [-0.39, 0.29) is 24.8 Å². The number of hydrogen-bond acceptors (Lipinski definition) is 4. The zero-order valence-corrected chi connectivity index (χ0v) is 9.43. The number of rotatable bonds is 2. The van der Waals surface area contributed by atoms with Crippen LogP contribution in [-0.2, 0) is 6.54 Å². The third-order valence-electron chi connectivity index (χ3n) is 1.13. The number of hydrogen-bond donors (Lipinski definition) is 1. The van der Waals surface area contributed by atoms with Gasteiger partial charge in [0.2, 0.25) is 0 Å². The first-order chi connectivity index (χ1) is 4.74. The van der Waals surface area contributed by atoms with E-state index in [0.717, 1.165) is 10.8 Å².